The molecule has 0 aromatic carbocycles. The predicted molar refractivity (Wildman–Crippen MR) is 270 cm³/mol. The minimum atomic E-state index is -5.92. The van der Waals surface area contributed by atoms with Crippen LogP contribution in [-0.2, 0) is 55.6 Å². The Hall–Kier alpha value is -2.14. The third kappa shape index (κ3) is 29.6. The summed E-state index contributed by atoms with van der Waals surface area (Å²) in [7, 11) is -17.6. The number of phosphoric acid groups is 3. The van der Waals surface area contributed by atoms with Gasteiger partial charge in [0.1, 0.15) is 43.2 Å². The number of esters is 2. The average molecular weight is 1150 g/mol. The molecular weight excluding hydrogens is 1060 g/mol. The summed E-state index contributed by atoms with van der Waals surface area (Å²) in [5.41, 5.74) is 0. The number of rotatable bonds is 38. The van der Waals surface area contributed by atoms with E-state index in [4.69, 9.17) is 23.4 Å². The van der Waals surface area contributed by atoms with Crippen molar-refractivity contribution >= 4 is 59.1 Å². The van der Waals surface area contributed by atoms with E-state index in [1.165, 1.54) is 38.5 Å². The number of aliphatic hydroxyl groups excluding tert-OH is 3. The molecule has 0 bridgehead atoms. The van der Waals surface area contributed by atoms with Crippen molar-refractivity contribution in [1.29, 1.82) is 0 Å². The Kier molecular flexibility index (Phi) is 36.5. The first kappa shape index (κ1) is 71.9. The number of aliphatic hydroxyl groups is 3. The van der Waals surface area contributed by atoms with Crippen molar-refractivity contribution in [2.24, 2.45) is 0 Å². The maximum Gasteiger partial charge on any atom is 0.315 e. The first-order valence-electron chi connectivity index (χ1n) is 24.7. The highest BCUT2D eigenvalue weighted by Crippen LogP contribution is 2.48. The Bertz CT molecular complexity index is 1810. The minimum absolute atomic E-state index is 0. The number of allylic oxidation sites excluding steroid dienone is 2. The molecule has 1 saturated carbocycles. The Labute approximate surface area is 438 Å². The number of phosphoric ester groups is 3. The molecule has 3 rings (SSSR count). The molecule has 20 N–H and O–H groups in total. The molecule has 3 aliphatic rings. The largest absolute Gasteiger partial charge is 0.756 e. The van der Waals surface area contributed by atoms with E-state index >= 15 is 0 Å². The molecule has 7 unspecified atom stereocenters. The Morgan fingerprint density at radius 3 is 1.82 bits per heavy atom. The molecule has 2 saturated heterocycles. The molecule has 0 radical (unpaired) electrons. The van der Waals surface area contributed by atoms with E-state index in [2.05, 4.69) is 44.1 Å². The van der Waals surface area contributed by atoms with Crippen LogP contribution in [0.4, 0.5) is 4.79 Å². The van der Waals surface area contributed by atoms with E-state index in [9.17, 15) is 67.8 Å². The molecule has 31 heteroatoms. The van der Waals surface area contributed by atoms with Crippen molar-refractivity contribution in [3.8, 4) is 0 Å². The minimum Gasteiger partial charge on any atom is -0.756 e. The Morgan fingerprint density at radius 1 is 0.689 bits per heavy atom. The molecule has 74 heavy (non-hydrogen) atoms. The second-order valence-corrected chi connectivity index (χ2v) is 23.0. The van der Waals surface area contributed by atoms with E-state index in [0.717, 1.165) is 57.1 Å². The molecule has 2 heterocycles. The van der Waals surface area contributed by atoms with Crippen molar-refractivity contribution in [1.82, 2.24) is 34.4 Å². The Balaban J connectivity index is 0.0000178. The summed E-state index contributed by atoms with van der Waals surface area (Å²) >= 11 is 1.81. The number of hydrogen-bond acceptors (Lipinski definition) is 20. The lowest BCUT2D eigenvalue weighted by Gasteiger charge is -2.47. The van der Waals surface area contributed by atoms with E-state index in [1.54, 1.807) is 0 Å². The number of unbranched alkanes of at least 4 members (excludes halogenated alkanes) is 14. The standard InChI is InChI=1S/C43H78N3O21P3S.3H3N/c1-2-3-4-5-6-7-8-9-10-11-12-13-14-15-17-24-34(48)62-27-30(28-63-70(60,61)67-40-37(50)38(51)41(65-68(54,55)56)42(39(40)52)66-69(57,58)59)64-35(49)25-18-16-21-26-44-33(47)23-20-19-22-32-36-31(29-71-32)45-43(53)46-36;;;/h9-10,30-32,36-42,50-52H,2-8,11-29H2,1H3,(H,44,47)(H,60,61)(H2,45,46,53)(H2,54,55,56)(H2,57,58,59);3*1H3/b10-9-;;;/t30-,31+,32+,36+,37?,38+,39?,40-,41?,42?;;;/m1.../s1. The number of ether oxygens (including phenoxy) is 2. The molecule has 3 fully saturated rings. The Morgan fingerprint density at radius 2 is 1.22 bits per heavy atom. The quantitative estimate of drug-likeness (QED) is 0.0138. The van der Waals surface area contributed by atoms with Gasteiger partial charge in [-0.25, -0.2) is 4.79 Å². The van der Waals surface area contributed by atoms with Crippen LogP contribution in [0.1, 0.15) is 148 Å². The fourth-order valence-electron chi connectivity index (χ4n) is 8.32. The number of amides is 3. The molecular formula is C43H87N6O21P3S. The van der Waals surface area contributed by atoms with E-state index in [-0.39, 0.29) is 55.3 Å². The summed E-state index contributed by atoms with van der Waals surface area (Å²) in [6, 6.07) is 0.0972. The van der Waals surface area contributed by atoms with E-state index < -0.39 is 91.3 Å². The number of quaternary nitrogens is 3. The number of carbonyl (C=O) groups is 4. The molecule has 27 nitrogen and oxygen atoms in total. The number of nitrogens with one attached hydrogen (secondary N) is 3. The van der Waals surface area contributed by atoms with Gasteiger partial charge in [0.15, 0.2) is 6.10 Å². The summed E-state index contributed by atoms with van der Waals surface area (Å²) in [5, 5.41) is 40.7. The normalized spacial score (nSPS) is 26.1. The maximum atomic E-state index is 13.0. The SMILES string of the molecule is CCCCCCCC/C=C\CCCCCCCC(=O)OC[C@H](COP(=O)([O-])O[C@H]1C(O)C(OP(=O)([O-])O)C(OP(=O)([O-])O)[C@@H](O)C1O)OC(=O)CCCCCNC(=O)CCCC[C@@H]1SC[C@@H]2NC(=O)N[C@@H]21.[NH4+].[NH4+].[NH4+]. The summed E-state index contributed by atoms with van der Waals surface area (Å²) in [6.07, 6.45) is 4.65. The lowest BCUT2D eigenvalue weighted by molar-refractivity contribution is -0.280. The van der Waals surface area contributed by atoms with Crippen LogP contribution in [0.3, 0.4) is 0 Å². The van der Waals surface area contributed by atoms with Gasteiger partial charge >= 0.3 is 18.0 Å². The molecule has 0 spiro atoms. The van der Waals surface area contributed by atoms with Crippen LogP contribution in [-0.4, -0.2) is 135 Å². The third-order valence-corrected chi connectivity index (χ3v) is 15.5. The van der Waals surface area contributed by atoms with Crippen LogP contribution in [0.5, 0.6) is 0 Å². The van der Waals surface area contributed by atoms with Crippen LogP contribution in [0, 0.1) is 0 Å². The average Bonchev–Trinajstić information content (AvgIpc) is 3.85. The van der Waals surface area contributed by atoms with Crippen LogP contribution < -0.4 is 49.1 Å². The van der Waals surface area contributed by atoms with Gasteiger partial charge in [0, 0.05) is 36.8 Å². The summed E-state index contributed by atoms with van der Waals surface area (Å²) < 4.78 is 64.3. The van der Waals surface area contributed by atoms with Crippen molar-refractivity contribution in [3.63, 3.8) is 0 Å². The van der Waals surface area contributed by atoms with Gasteiger partial charge in [-0.05, 0) is 57.8 Å². The number of hydrogen-bond donors (Lipinski definition) is 11. The smallest absolute Gasteiger partial charge is 0.315 e. The molecule has 3 amide bonds. The van der Waals surface area contributed by atoms with Gasteiger partial charge in [-0.1, -0.05) is 83.3 Å². The molecule has 0 aromatic heterocycles. The van der Waals surface area contributed by atoms with Crippen molar-refractivity contribution in [2.45, 2.75) is 208 Å². The zero-order valence-electron chi connectivity index (χ0n) is 43.3. The molecule has 13 atom stereocenters. The van der Waals surface area contributed by atoms with Crippen LogP contribution in [0.2, 0.25) is 0 Å². The van der Waals surface area contributed by atoms with Crippen molar-refractivity contribution < 1.29 is 100 Å². The summed E-state index contributed by atoms with van der Waals surface area (Å²) in [6.45, 7) is 0.820. The second-order valence-electron chi connectivity index (χ2n) is 18.0. The van der Waals surface area contributed by atoms with Gasteiger partial charge < -0.3 is 102 Å². The first-order chi connectivity index (χ1) is 33.6. The summed E-state index contributed by atoms with van der Waals surface area (Å²) in [4.78, 5) is 104. The lowest BCUT2D eigenvalue weighted by Crippen LogP contribution is -2.65. The molecule has 2 aliphatic heterocycles. The number of fused-ring (bicyclic) bond motifs is 1. The number of thioether (sulfide) groups is 1. The van der Waals surface area contributed by atoms with Crippen molar-refractivity contribution in [3.05, 3.63) is 12.2 Å². The van der Waals surface area contributed by atoms with Crippen LogP contribution in [0.15, 0.2) is 12.2 Å². The molecule has 436 valence electrons. The first-order valence-corrected chi connectivity index (χ1v) is 30.2. The molecule has 0 aromatic rings. The fourth-order valence-corrected chi connectivity index (χ4v) is 11.9. The third-order valence-electron chi connectivity index (χ3n) is 12.0. The maximum absolute atomic E-state index is 13.0. The highest BCUT2D eigenvalue weighted by molar-refractivity contribution is 8.00. The predicted octanol–water partition coefficient (Wildman–Crippen LogP) is 3.67. The van der Waals surface area contributed by atoms with Gasteiger partial charge in [0.05, 0.1) is 18.7 Å². The van der Waals surface area contributed by atoms with Gasteiger partial charge in [0.25, 0.3) is 23.5 Å². The van der Waals surface area contributed by atoms with E-state index in [0.29, 0.717) is 50.3 Å². The van der Waals surface area contributed by atoms with Gasteiger partial charge in [-0.3, -0.25) is 28.1 Å². The molecule has 1 aliphatic carbocycles. The van der Waals surface area contributed by atoms with Gasteiger partial charge in [-0.2, -0.15) is 11.8 Å². The zero-order valence-corrected chi connectivity index (χ0v) is 46.8. The monoisotopic (exact) mass is 1150 g/mol. The number of urea groups is 1. The fraction of sp³-hybridized carbons (Fsp3) is 0.860. The highest BCUT2D eigenvalue weighted by atomic mass is 32.2. The van der Waals surface area contributed by atoms with Crippen LogP contribution >= 0.6 is 35.2 Å². The number of carbonyl (C=O) groups excluding carboxylic acids is 4. The van der Waals surface area contributed by atoms with E-state index in [1.807, 2.05) is 11.8 Å². The van der Waals surface area contributed by atoms with Gasteiger partial charge in [-0.15, -0.1) is 0 Å². The second kappa shape index (κ2) is 37.6. The van der Waals surface area contributed by atoms with Gasteiger partial charge in [0.2, 0.25) is 5.91 Å². The van der Waals surface area contributed by atoms with Crippen LogP contribution in [0.25, 0.3) is 0 Å². The topological polar surface area (TPSA) is 491 Å². The summed E-state index contributed by atoms with van der Waals surface area (Å²) in [5.74, 6) is -0.768. The zero-order chi connectivity index (χ0) is 52.5. The van der Waals surface area contributed by atoms with Crippen molar-refractivity contribution in [2.75, 3.05) is 25.5 Å². The lowest BCUT2D eigenvalue weighted by atomic mass is 9.85. The highest BCUT2D eigenvalue weighted by Gasteiger charge is 2.54.